The molecule has 0 saturated heterocycles. The first kappa shape index (κ1) is 6.73. The molecular weight excluding hydrogens is 132 g/mol. The normalized spacial score (nSPS) is 9.80. The van der Waals surface area contributed by atoms with Crippen LogP contribution in [0.2, 0.25) is 0 Å². The minimum atomic E-state index is -0.553. The van der Waals surface area contributed by atoms with E-state index in [9.17, 15) is 4.79 Å². The number of hydrogen-bond donors (Lipinski definition) is 1. The summed E-state index contributed by atoms with van der Waals surface area (Å²) in [5.74, 6) is 0.192. The molecule has 0 spiro atoms. The second-order valence-corrected chi connectivity index (χ2v) is 1.97. The topological polar surface area (TPSA) is 73.8 Å². The highest BCUT2D eigenvalue weighted by molar-refractivity contribution is 5.88. The van der Waals surface area contributed by atoms with Gasteiger partial charge in [0.15, 0.2) is 0 Å². The third kappa shape index (κ3) is 0.975. The molecule has 2 N–H and O–H groups in total. The van der Waals surface area contributed by atoms with E-state index in [0.717, 1.165) is 0 Å². The van der Waals surface area contributed by atoms with E-state index in [1.54, 1.807) is 14.0 Å². The monoisotopic (exact) mass is 140 g/mol. The van der Waals surface area contributed by atoms with Gasteiger partial charge in [-0.25, -0.2) is 9.67 Å². The first-order chi connectivity index (χ1) is 4.61. The van der Waals surface area contributed by atoms with Crippen LogP contribution in [0, 0.1) is 6.92 Å². The maximum absolute atomic E-state index is 10.5. The summed E-state index contributed by atoms with van der Waals surface area (Å²) in [6.07, 6.45) is 0. The molecule has 1 aromatic heterocycles. The molecule has 0 atom stereocenters. The van der Waals surface area contributed by atoms with Crippen molar-refractivity contribution in [3.8, 4) is 0 Å². The highest BCUT2D eigenvalue weighted by Gasteiger charge is 2.07. The van der Waals surface area contributed by atoms with Crippen LogP contribution >= 0.6 is 0 Å². The third-order valence-electron chi connectivity index (χ3n) is 1.09. The average molecular weight is 140 g/mol. The van der Waals surface area contributed by atoms with Crippen molar-refractivity contribution < 1.29 is 4.79 Å². The number of carbonyl (C=O) groups is 1. The van der Waals surface area contributed by atoms with E-state index in [4.69, 9.17) is 5.73 Å². The number of primary amides is 1. The molecule has 0 saturated carbocycles. The molecule has 0 aliphatic carbocycles. The summed E-state index contributed by atoms with van der Waals surface area (Å²) in [6.45, 7) is 1.70. The van der Waals surface area contributed by atoms with Crippen molar-refractivity contribution in [1.82, 2.24) is 14.8 Å². The molecule has 0 aliphatic heterocycles. The Balaban J connectivity index is 3.15. The summed E-state index contributed by atoms with van der Waals surface area (Å²) in [6, 6.07) is 0. The van der Waals surface area contributed by atoms with Crippen molar-refractivity contribution in [2.75, 3.05) is 0 Å². The lowest BCUT2D eigenvalue weighted by atomic mass is 10.6. The van der Waals surface area contributed by atoms with Crippen molar-refractivity contribution >= 4 is 5.91 Å². The zero-order valence-corrected chi connectivity index (χ0v) is 5.83. The van der Waals surface area contributed by atoms with Crippen molar-refractivity contribution in [3.63, 3.8) is 0 Å². The lowest BCUT2D eigenvalue weighted by Gasteiger charge is -1.89. The molecule has 0 fully saturated rings. The molecule has 5 heteroatoms. The smallest absolute Gasteiger partial charge is 0.286 e. The molecule has 5 nitrogen and oxygen atoms in total. The number of aromatic nitrogens is 3. The summed E-state index contributed by atoms with van der Waals surface area (Å²) in [5, 5.41) is 3.84. The molecule has 0 aromatic carbocycles. The van der Waals surface area contributed by atoms with Gasteiger partial charge in [-0.3, -0.25) is 4.79 Å². The fraction of sp³-hybridized carbons (Fsp3) is 0.400. The Morgan fingerprint density at radius 2 is 2.30 bits per heavy atom. The summed E-state index contributed by atoms with van der Waals surface area (Å²) in [4.78, 5) is 14.3. The Kier molecular flexibility index (Phi) is 1.41. The van der Waals surface area contributed by atoms with Gasteiger partial charge in [0, 0.05) is 7.05 Å². The lowest BCUT2D eigenvalue weighted by Crippen LogP contribution is -2.16. The predicted octanol–water partition coefficient (Wildman–Crippen LogP) is -0.778. The summed E-state index contributed by atoms with van der Waals surface area (Å²) in [5.41, 5.74) is 4.97. The van der Waals surface area contributed by atoms with Gasteiger partial charge in [0.05, 0.1) is 0 Å². The van der Waals surface area contributed by atoms with Gasteiger partial charge in [-0.1, -0.05) is 0 Å². The molecular formula is C5H8N4O. The van der Waals surface area contributed by atoms with Gasteiger partial charge in [0.1, 0.15) is 5.82 Å². The largest absolute Gasteiger partial charge is 0.363 e. The van der Waals surface area contributed by atoms with E-state index in [0.29, 0.717) is 5.82 Å². The second kappa shape index (κ2) is 2.09. The van der Waals surface area contributed by atoms with Crippen molar-refractivity contribution in [2.24, 2.45) is 12.8 Å². The van der Waals surface area contributed by atoms with Crippen molar-refractivity contribution in [3.05, 3.63) is 11.6 Å². The predicted molar refractivity (Wildman–Crippen MR) is 34.3 cm³/mol. The van der Waals surface area contributed by atoms with Gasteiger partial charge < -0.3 is 5.73 Å². The van der Waals surface area contributed by atoms with E-state index < -0.39 is 5.91 Å². The van der Waals surface area contributed by atoms with Crippen LogP contribution < -0.4 is 5.73 Å². The van der Waals surface area contributed by atoms with Crippen LogP contribution in [0.4, 0.5) is 0 Å². The quantitative estimate of drug-likeness (QED) is 0.556. The summed E-state index contributed by atoms with van der Waals surface area (Å²) in [7, 11) is 1.63. The minimum Gasteiger partial charge on any atom is -0.363 e. The number of nitrogens with zero attached hydrogens (tertiary/aromatic N) is 3. The van der Waals surface area contributed by atoms with Crippen LogP contribution in [-0.2, 0) is 7.05 Å². The van der Waals surface area contributed by atoms with E-state index in [1.807, 2.05) is 0 Å². The van der Waals surface area contributed by atoms with E-state index >= 15 is 0 Å². The van der Waals surface area contributed by atoms with Gasteiger partial charge in [-0.05, 0) is 6.92 Å². The standard InChI is InChI=1S/C5H8N4O/c1-3-7-5(4(6)10)9(2)8-3/h1-2H3,(H2,6,10). The zero-order chi connectivity index (χ0) is 7.72. The SMILES string of the molecule is Cc1nc(C(N)=O)n(C)n1. The molecule has 1 aromatic rings. The number of amides is 1. The van der Waals surface area contributed by atoms with Crippen LogP contribution in [0.15, 0.2) is 0 Å². The van der Waals surface area contributed by atoms with Gasteiger partial charge >= 0.3 is 0 Å². The fourth-order valence-electron chi connectivity index (χ4n) is 0.727. The molecule has 54 valence electrons. The lowest BCUT2D eigenvalue weighted by molar-refractivity contribution is 0.0986. The van der Waals surface area contributed by atoms with Crippen LogP contribution in [0.3, 0.4) is 0 Å². The second-order valence-electron chi connectivity index (χ2n) is 1.97. The maximum atomic E-state index is 10.5. The number of carbonyl (C=O) groups excluding carboxylic acids is 1. The third-order valence-corrected chi connectivity index (χ3v) is 1.09. The molecule has 1 rings (SSSR count). The molecule has 1 heterocycles. The number of nitrogens with two attached hydrogens (primary N) is 1. The van der Waals surface area contributed by atoms with Gasteiger partial charge in [0.2, 0.25) is 5.82 Å². The highest BCUT2D eigenvalue weighted by Crippen LogP contribution is 1.92. The fourth-order valence-corrected chi connectivity index (χ4v) is 0.727. The molecule has 0 aliphatic rings. The van der Waals surface area contributed by atoms with E-state index in [2.05, 4.69) is 10.1 Å². The molecule has 10 heavy (non-hydrogen) atoms. The Hall–Kier alpha value is -1.39. The number of hydrogen-bond acceptors (Lipinski definition) is 3. The average Bonchev–Trinajstić information content (AvgIpc) is 2.10. The Labute approximate surface area is 57.9 Å². The van der Waals surface area contributed by atoms with Crippen LogP contribution in [-0.4, -0.2) is 20.7 Å². The maximum Gasteiger partial charge on any atom is 0.286 e. The molecule has 1 amide bonds. The number of rotatable bonds is 1. The van der Waals surface area contributed by atoms with Crippen molar-refractivity contribution in [1.29, 1.82) is 0 Å². The van der Waals surface area contributed by atoms with Gasteiger partial charge in [-0.2, -0.15) is 5.10 Å². The first-order valence-corrected chi connectivity index (χ1v) is 2.78. The molecule has 0 bridgehead atoms. The van der Waals surface area contributed by atoms with E-state index in [-0.39, 0.29) is 5.82 Å². The number of aryl methyl sites for hydroxylation is 2. The first-order valence-electron chi connectivity index (χ1n) is 2.78. The van der Waals surface area contributed by atoms with Crippen molar-refractivity contribution in [2.45, 2.75) is 6.92 Å². The van der Waals surface area contributed by atoms with Gasteiger partial charge in [-0.15, -0.1) is 0 Å². The molecule has 0 unspecified atom stereocenters. The summed E-state index contributed by atoms with van der Waals surface area (Å²) >= 11 is 0. The summed E-state index contributed by atoms with van der Waals surface area (Å²) < 4.78 is 1.36. The Morgan fingerprint density at radius 3 is 2.50 bits per heavy atom. The van der Waals surface area contributed by atoms with Gasteiger partial charge in [0.25, 0.3) is 5.91 Å². The Bertz CT molecular complexity index is 265. The van der Waals surface area contributed by atoms with E-state index in [1.165, 1.54) is 4.68 Å². The Morgan fingerprint density at radius 1 is 1.70 bits per heavy atom. The van der Waals surface area contributed by atoms with Crippen LogP contribution in [0.5, 0.6) is 0 Å². The minimum absolute atomic E-state index is 0.192. The highest BCUT2D eigenvalue weighted by atomic mass is 16.1. The van der Waals surface area contributed by atoms with Crippen LogP contribution in [0.25, 0.3) is 0 Å². The van der Waals surface area contributed by atoms with Crippen LogP contribution in [0.1, 0.15) is 16.4 Å². The molecule has 0 radical (unpaired) electrons. The zero-order valence-electron chi connectivity index (χ0n) is 5.83.